The minimum Gasteiger partial charge on any atom is -0.205 e. The highest BCUT2D eigenvalue weighted by Gasteiger charge is 2.18. The van der Waals surface area contributed by atoms with Gasteiger partial charge in [0.2, 0.25) is 0 Å². The predicted octanol–water partition coefficient (Wildman–Crippen LogP) is 11.2. The van der Waals surface area contributed by atoms with Crippen LogP contribution >= 0.6 is 56.7 Å². The number of aromatic nitrogens is 1. The maximum absolute atomic E-state index is 2.41. The molecule has 1 nitrogen and oxygen atoms in total. The number of rotatable bonds is 10. The first-order valence-corrected chi connectivity index (χ1v) is 16.9. The molecule has 186 valence electrons. The van der Waals surface area contributed by atoms with E-state index in [9.17, 15) is 0 Å². The van der Waals surface area contributed by atoms with E-state index in [-0.39, 0.29) is 0 Å². The van der Waals surface area contributed by atoms with Crippen LogP contribution in [0.15, 0.2) is 89.9 Å². The molecule has 0 saturated carbocycles. The highest BCUT2D eigenvalue weighted by molar-refractivity contribution is 7.29. The smallest absolute Gasteiger partial charge is 0.169 e. The molecule has 0 bridgehead atoms. The molecule has 0 N–H and O–H groups in total. The van der Waals surface area contributed by atoms with E-state index in [2.05, 4.69) is 101 Å². The van der Waals surface area contributed by atoms with Crippen molar-refractivity contribution in [2.75, 3.05) is 0 Å². The van der Waals surface area contributed by atoms with Crippen molar-refractivity contribution >= 4 is 56.7 Å². The summed E-state index contributed by atoms with van der Waals surface area (Å²) < 4.78 is 2.33. The Bertz CT molecular complexity index is 1550. The molecular weight excluding hydrogens is 547 g/mol. The lowest BCUT2D eigenvalue weighted by Crippen LogP contribution is -2.32. The quantitative estimate of drug-likeness (QED) is 0.113. The van der Waals surface area contributed by atoms with Gasteiger partial charge in [-0.25, -0.2) is 4.57 Å². The summed E-state index contributed by atoms with van der Waals surface area (Å²) in [5, 5.41) is 4.32. The van der Waals surface area contributed by atoms with Gasteiger partial charge in [0.15, 0.2) is 12.4 Å². The summed E-state index contributed by atoms with van der Waals surface area (Å²) in [5.74, 6) is 0. The van der Waals surface area contributed by atoms with Crippen molar-refractivity contribution in [3.63, 3.8) is 0 Å². The zero-order valence-electron chi connectivity index (χ0n) is 20.7. The Kier molecular flexibility index (Phi) is 7.81. The van der Waals surface area contributed by atoms with Crippen molar-refractivity contribution in [3.8, 4) is 50.1 Å². The summed E-state index contributed by atoms with van der Waals surface area (Å²) in [7, 11) is 0. The van der Waals surface area contributed by atoms with Crippen LogP contribution in [0.2, 0.25) is 0 Å². The van der Waals surface area contributed by atoms with E-state index in [1.54, 1.807) is 0 Å². The maximum Gasteiger partial charge on any atom is 0.169 e. The van der Waals surface area contributed by atoms with Crippen LogP contribution < -0.4 is 4.57 Å². The fourth-order valence-corrected chi connectivity index (χ4v) is 9.52. The van der Waals surface area contributed by atoms with Crippen LogP contribution in [0.4, 0.5) is 0 Å². The van der Waals surface area contributed by atoms with Crippen LogP contribution in [0, 0.1) is 0 Å². The van der Waals surface area contributed by atoms with Gasteiger partial charge in [0.05, 0.1) is 4.88 Å². The number of thiophene rings is 5. The SMILES string of the molecule is CCCCCC[n+]1ccc(-c2cc(-c3ccc(-c4cccs4)s3)sc2-c2ccc(-c3cccs3)s2)cc1. The van der Waals surface area contributed by atoms with E-state index < -0.39 is 0 Å². The van der Waals surface area contributed by atoms with Gasteiger partial charge >= 0.3 is 0 Å². The summed E-state index contributed by atoms with van der Waals surface area (Å²) in [6, 6.07) is 24.9. The third-order valence-electron chi connectivity index (χ3n) is 6.41. The molecule has 6 heteroatoms. The molecular formula is C31H28NS5+. The molecule has 6 aromatic heterocycles. The van der Waals surface area contributed by atoms with Crippen molar-refractivity contribution in [2.45, 2.75) is 39.2 Å². The van der Waals surface area contributed by atoms with Gasteiger partial charge in [-0.3, -0.25) is 0 Å². The lowest BCUT2D eigenvalue weighted by molar-refractivity contribution is -0.697. The van der Waals surface area contributed by atoms with E-state index in [0.717, 1.165) is 6.54 Å². The summed E-state index contributed by atoms with van der Waals surface area (Å²) in [4.78, 5) is 10.8. The summed E-state index contributed by atoms with van der Waals surface area (Å²) in [6.45, 7) is 3.36. The van der Waals surface area contributed by atoms with Gasteiger partial charge in [-0.05, 0) is 65.2 Å². The van der Waals surface area contributed by atoms with Crippen molar-refractivity contribution in [2.24, 2.45) is 0 Å². The van der Waals surface area contributed by atoms with E-state index in [0.29, 0.717) is 0 Å². The van der Waals surface area contributed by atoms with E-state index in [1.807, 2.05) is 56.7 Å². The molecule has 0 aliphatic carbocycles. The Labute approximate surface area is 239 Å². The van der Waals surface area contributed by atoms with Crippen molar-refractivity contribution in [3.05, 3.63) is 89.9 Å². The monoisotopic (exact) mass is 574 g/mol. The molecule has 0 amide bonds. The molecule has 0 fully saturated rings. The first-order valence-electron chi connectivity index (χ1n) is 12.7. The fraction of sp³-hybridized carbons (Fsp3) is 0.194. The molecule has 37 heavy (non-hydrogen) atoms. The third-order valence-corrected chi connectivity index (χ3v) is 12.2. The molecule has 0 atom stereocenters. The molecule has 0 aliphatic rings. The Morgan fingerprint density at radius 1 is 0.595 bits per heavy atom. The van der Waals surface area contributed by atoms with Crippen LogP contribution in [-0.4, -0.2) is 0 Å². The van der Waals surface area contributed by atoms with Gasteiger partial charge in [-0.2, -0.15) is 0 Å². The Morgan fingerprint density at radius 2 is 1.22 bits per heavy atom. The highest BCUT2D eigenvalue weighted by atomic mass is 32.1. The second kappa shape index (κ2) is 11.6. The summed E-state index contributed by atoms with van der Waals surface area (Å²) in [6.07, 6.45) is 9.68. The average Bonchev–Trinajstić information content (AvgIpc) is 3.75. The van der Waals surface area contributed by atoms with E-state index in [4.69, 9.17) is 0 Å². The number of aryl methyl sites for hydroxylation is 1. The number of unbranched alkanes of at least 4 members (excludes halogenated alkanes) is 3. The van der Waals surface area contributed by atoms with Crippen LogP contribution in [-0.2, 0) is 6.54 Å². The van der Waals surface area contributed by atoms with Crippen LogP contribution in [0.25, 0.3) is 50.1 Å². The molecule has 6 heterocycles. The van der Waals surface area contributed by atoms with Gasteiger partial charge < -0.3 is 0 Å². The summed E-state index contributed by atoms with van der Waals surface area (Å²) >= 11 is 9.35. The first-order chi connectivity index (χ1) is 18.3. The summed E-state index contributed by atoms with van der Waals surface area (Å²) in [5.41, 5.74) is 2.63. The van der Waals surface area contributed by atoms with Gasteiger partial charge in [0.1, 0.15) is 6.54 Å². The molecule has 0 unspecified atom stereocenters. The Hall–Kier alpha value is -2.35. The zero-order chi connectivity index (χ0) is 25.0. The number of hydrogen-bond acceptors (Lipinski definition) is 5. The predicted molar refractivity (Wildman–Crippen MR) is 167 cm³/mol. The third kappa shape index (κ3) is 5.59. The molecule has 0 aliphatic heterocycles. The molecule has 0 saturated heterocycles. The van der Waals surface area contributed by atoms with Gasteiger partial charge in [-0.15, -0.1) is 56.7 Å². The molecule has 0 radical (unpaired) electrons. The van der Waals surface area contributed by atoms with Gasteiger partial charge in [0.25, 0.3) is 0 Å². The van der Waals surface area contributed by atoms with Crippen molar-refractivity contribution in [1.82, 2.24) is 0 Å². The lowest BCUT2D eigenvalue weighted by Gasteiger charge is -2.03. The Balaban J connectivity index is 1.35. The second-order valence-electron chi connectivity index (χ2n) is 9.02. The minimum atomic E-state index is 1.10. The standard InChI is InChI=1S/C31H28NS5/c1-2-3-4-5-16-32-17-14-22(15-18-32)23-21-30(28-11-10-26(35-28)24-8-6-19-33-24)37-31(23)29-13-12-27(36-29)25-9-7-20-34-25/h6-15,17-21H,2-5,16H2,1H3/q+1. The maximum atomic E-state index is 2.41. The first kappa shape index (κ1) is 25.0. The number of nitrogens with zero attached hydrogens (tertiary/aromatic N) is 1. The normalized spacial score (nSPS) is 11.4. The largest absolute Gasteiger partial charge is 0.205 e. The Morgan fingerprint density at radius 3 is 1.84 bits per heavy atom. The van der Waals surface area contributed by atoms with E-state index in [1.165, 1.54) is 75.8 Å². The van der Waals surface area contributed by atoms with Crippen molar-refractivity contribution in [1.29, 1.82) is 0 Å². The molecule has 6 rings (SSSR count). The topological polar surface area (TPSA) is 3.88 Å². The van der Waals surface area contributed by atoms with Gasteiger partial charge in [-0.1, -0.05) is 31.9 Å². The highest BCUT2D eigenvalue weighted by Crippen LogP contribution is 2.48. The number of pyridine rings is 1. The van der Waals surface area contributed by atoms with Crippen LogP contribution in [0.1, 0.15) is 32.6 Å². The molecule has 6 aromatic rings. The fourth-order valence-electron chi connectivity index (χ4n) is 4.45. The lowest BCUT2D eigenvalue weighted by atomic mass is 10.1. The number of hydrogen-bond donors (Lipinski definition) is 0. The van der Waals surface area contributed by atoms with Crippen molar-refractivity contribution < 1.29 is 4.57 Å². The molecule has 0 aromatic carbocycles. The molecule has 0 spiro atoms. The van der Waals surface area contributed by atoms with Crippen LogP contribution in [0.5, 0.6) is 0 Å². The average molecular weight is 575 g/mol. The minimum absolute atomic E-state index is 1.10. The zero-order valence-corrected chi connectivity index (χ0v) is 24.8. The van der Waals surface area contributed by atoms with Crippen LogP contribution in [0.3, 0.4) is 0 Å². The van der Waals surface area contributed by atoms with E-state index >= 15 is 0 Å². The van der Waals surface area contributed by atoms with Gasteiger partial charge in [0, 0.05) is 58.3 Å². The second-order valence-corrected chi connectivity index (χ2v) is 14.1.